The van der Waals surface area contributed by atoms with Gasteiger partial charge < -0.3 is 15.8 Å². The molecular weight excluding hydrogens is 252 g/mol. The van der Waals surface area contributed by atoms with E-state index in [0.29, 0.717) is 29.0 Å². The van der Waals surface area contributed by atoms with E-state index in [1.165, 1.54) is 0 Å². The number of nitrogens with two attached hydrogens (primary N) is 1. The Bertz CT molecular complexity index is 497. The molecule has 1 aromatic rings. The largest absolute Gasteiger partial charge is 0.493 e. The van der Waals surface area contributed by atoms with Gasteiger partial charge in [0.15, 0.2) is 0 Å². The molecule has 3 N–H and O–H groups in total. The van der Waals surface area contributed by atoms with Crippen LogP contribution in [0.4, 0.5) is 5.69 Å². The van der Waals surface area contributed by atoms with E-state index < -0.39 is 0 Å². The Hall–Kier alpha value is -1.71. The molecule has 0 heterocycles. The number of hydrogen-bond acceptors (Lipinski definition) is 3. The van der Waals surface area contributed by atoms with Gasteiger partial charge in [-0.05, 0) is 43.7 Å². The van der Waals surface area contributed by atoms with Crippen molar-refractivity contribution in [3.8, 4) is 5.75 Å². The lowest BCUT2D eigenvalue weighted by atomic mass is 9.92. The van der Waals surface area contributed by atoms with Crippen LogP contribution in [0.5, 0.6) is 5.75 Å². The fourth-order valence-corrected chi connectivity index (χ4v) is 2.88. The van der Waals surface area contributed by atoms with Crippen LogP contribution in [0, 0.1) is 5.41 Å². The zero-order valence-electron chi connectivity index (χ0n) is 12.5. The molecule has 0 bridgehead atoms. The first-order valence-electron chi connectivity index (χ1n) is 7.25. The van der Waals surface area contributed by atoms with Crippen molar-refractivity contribution in [3.63, 3.8) is 0 Å². The molecule has 1 aliphatic rings. The minimum Gasteiger partial charge on any atom is -0.493 e. The summed E-state index contributed by atoms with van der Waals surface area (Å²) >= 11 is 0. The van der Waals surface area contributed by atoms with Crippen LogP contribution in [0.25, 0.3) is 0 Å². The first kappa shape index (κ1) is 14.7. The van der Waals surface area contributed by atoms with Crippen molar-refractivity contribution in [2.75, 3.05) is 12.3 Å². The standard InChI is InChI=1S/C16H24N2O2/c1-4-20-13-7-5-6-12(17)14(13)15(19)18-11-8-9-16(2,3)10-11/h5-7,11H,4,8-10,17H2,1-3H3,(H,18,19). The van der Waals surface area contributed by atoms with Gasteiger partial charge in [0.2, 0.25) is 0 Å². The van der Waals surface area contributed by atoms with Crippen LogP contribution in [0.1, 0.15) is 50.4 Å². The van der Waals surface area contributed by atoms with Crippen molar-refractivity contribution in [2.24, 2.45) is 5.41 Å². The Labute approximate surface area is 120 Å². The molecule has 0 aliphatic heterocycles. The average molecular weight is 276 g/mol. The van der Waals surface area contributed by atoms with Crippen molar-refractivity contribution in [3.05, 3.63) is 23.8 Å². The van der Waals surface area contributed by atoms with Crippen LogP contribution in [-0.4, -0.2) is 18.6 Å². The number of nitrogen functional groups attached to an aromatic ring is 1. The Morgan fingerprint density at radius 1 is 1.50 bits per heavy atom. The van der Waals surface area contributed by atoms with E-state index in [9.17, 15) is 4.79 Å². The van der Waals surface area contributed by atoms with Gasteiger partial charge in [0.1, 0.15) is 11.3 Å². The molecule has 4 heteroatoms. The predicted molar refractivity (Wildman–Crippen MR) is 80.9 cm³/mol. The zero-order chi connectivity index (χ0) is 14.8. The molecule has 1 atom stereocenters. The number of benzene rings is 1. The fraction of sp³-hybridized carbons (Fsp3) is 0.562. The monoisotopic (exact) mass is 276 g/mol. The Morgan fingerprint density at radius 3 is 2.85 bits per heavy atom. The van der Waals surface area contributed by atoms with Crippen LogP contribution in [0.3, 0.4) is 0 Å². The summed E-state index contributed by atoms with van der Waals surface area (Å²) in [4.78, 5) is 12.5. The molecule has 20 heavy (non-hydrogen) atoms. The van der Waals surface area contributed by atoms with Gasteiger partial charge >= 0.3 is 0 Å². The van der Waals surface area contributed by atoms with E-state index in [2.05, 4.69) is 19.2 Å². The molecule has 1 saturated carbocycles. The summed E-state index contributed by atoms with van der Waals surface area (Å²) in [6, 6.07) is 5.55. The van der Waals surface area contributed by atoms with Crippen molar-refractivity contribution in [2.45, 2.75) is 46.1 Å². The third-order valence-corrected chi connectivity index (χ3v) is 3.89. The minimum atomic E-state index is -0.130. The topological polar surface area (TPSA) is 64.3 Å². The van der Waals surface area contributed by atoms with Crippen LogP contribution < -0.4 is 15.8 Å². The lowest BCUT2D eigenvalue weighted by Gasteiger charge is -2.19. The normalized spacial score (nSPS) is 20.6. The molecular formula is C16H24N2O2. The molecule has 1 fully saturated rings. The van der Waals surface area contributed by atoms with Crippen molar-refractivity contribution < 1.29 is 9.53 Å². The van der Waals surface area contributed by atoms with E-state index in [1.807, 2.05) is 6.92 Å². The van der Waals surface area contributed by atoms with Crippen LogP contribution in [-0.2, 0) is 0 Å². The molecule has 1 amide bonds. The fourth-order valence-electron chi connectivity index (χ4n) is 2.88. The van der Waals surface area contributed by atoms with E-state index >= 15 is 0 Å². The first-order chi connectivity index (χ1) is 9.43. The van der Waals surface area contributed by atoms with E-state index in [4.69, 9.17) is 10.5 Å². The Balaban J connectivity index is 2.13. The smallest absolute Gasteiger partial charge is 0.257 e. The van der Waals surface area contributed by atoms with E-state index in [1.54, 1.807) is 18.2 Å². The first-order valence-corrected chi connectivity index (χ1v) is 7.25. The molecule has 1 aromatic carbocycles. The van der Waals surface area contributed by atoms with Crippen LogP contribution in [0.2, 0.25) is 0 Å². The molecule has 4 nitrogen and oxygen atoms in total. The highest BCUT2D eigenvalue weighted by Crippen LogP contribution is 2.37. The molecule has 0 spiro atoms. The number of carbonyl (C=O) groups is 1. The molecule has 1 unspecified atom stereocenters. The van der Waals surface area contributed by atoms with Gasteiger partial charge in [-0.15, -0.1) is 0 Å². The minimum absolute atomic E-state index is 0.130. The number of nitrogens with one attached hydrogen (secondary N) is 1. The second-order valence-electron chi connectivity index (χ2n) is 6.23. The predicted octanol–water partition coefficient (Wildman–Crippen LogP) is 2.98. The Morgan fingerprint density at radius 2 is 2.25 bits per heavy atom. The second kappa shape index (κ2) is 5.73. The SMILES string of the molecule is CCOc1cccc(N)c1C(=O)NC1CCC(C)(C)C1. The summed E-state index contributed by atoms with van der Waals surface area (Å²) in [7, 11) is 0. The summed E-state index contributed by atoms with van der Waals surface area (Å²) in [6.07, 6.45) is 3.17. The number of amides is 1. The number of anilines is 1. The quantitative estimate of drug-likeness (QED) is 0.831. The van der Waals surface area contributed by atoms with Gasteiger partial charge in [-0.2, -0.15) is 0 Å². The number of hydrogen-bond donors (Lipinski definition) is 2. The van der Waals surface area contributed by atoms with Crippen molar-refractivity contribution in [1.82, 2.24) is 5.32 Å². The summed E-state index contributed by atoms with van der Waals surface area (Å²) in [5, 5.41) is 3.09. The summed E-state index contributed by atoms with van der Waals surface area (Å²) in [6.45, 7) is 6.88. The van der Waals surface area contributed by atoms with Gasteiger partial charge in [-0.3, -0.25) is 4.79 Å². The maximum Gasteiger partial charge on any atom is 0.257 e. The highest BCUT2D eigenvalue weighted by atomic mass is 16.5. The summed E-state index contributed by atoms with van der Waals surface area (Å²) in [5.74, 6) is 0.427. The van der Waals surface area contributed by atoms with Gasteiger partial charge in [-0.1, -0.05) is 19.9 Å². The van der Waals surface area contributed by atoms with Crippen molar-refractivity contribution in [1.29, 1.82) is 0 Å². The highest BCUT2D eigenvalue weighted by Gasteiger charge is 2.32. The number of rotatable bonds is 4. The van der Waals surface area contributed by atoms with Crippen LogP contribution >= 0.6 is 0 Å². The molecule has 1 aliphatic carbocycles. The second-order valence-corrected chi connectivity index (χ2v) is 6.23. The lowest BCUT2D eigenvalue weighted by molar-refractivity contribution is 0.0933. The molecule has 0 radical (unpaired) electrons. The van der Waals surface area contributed by atoms with E-state index in [0.717, 1.165) is 19.3 Å². The number of ether oxygens (including phenoxy) is 1. The molecule has 2 rings (SSSR count). The molecule has 110 valence electrons. The van der Waals surface area contributed by atoms with Gasteiger partial charge in [0, 0.05) is 11.7 Å². The zero-order valence-corrected chi connectivity index (χ0v) is 12.5. The summed E-state index contributed by atoms with van der Waals surface area (Å²) in [5.41, 5.74) is 7.17. The third kappa shape index (κ3) is 3.24. The van der Waals surface area contributed by atoms with Crippen LogP contribution in [0.15, 0.2) is 18.2 Å². The molecule has 0 aromatic heterocycles. The summed E-state index contributed by atoms with van der Waals surface area (Å²) < 4.78 is 5.50. The van der Waals surface area contributed by atoms with Gasteiger partial charge in [0.25, 0.3) is 5.91 Å². The van der Waals surface area contributed by atoms with Gasteiger partial charge in [-0.25, -0.2) is 0 Å². The highest BCUT2D eigenvalue weighted by molar-refractivity contribution is 6.02. The maximum absolute atomic E-state index is 12.5. The number of carbonyl (C=O) groups excluding carboxylic acids is 1. The average Bonchev–Trinajstić information content (AvgIpc) is 2.69. The molecule has 0 saturated heterocycles. The third-order valence-electron chi connectivity index (χ3n) is 3.89. The van der Waals surface area contributed by atoms with Crippen molar-refractivity contribution >= 4 is 11.6 Å². The maximum atomic E-state index is 12.5. The Kier molecular flexibility index (Phi) is 4.21. The lowest BCUT2D eigenvalue weighted by Crippen LogP contribution is -2.34. The van der Waals surface area contributed by atoms with E-state index in [-0.39, 0.29) is 11.9 Å². The van der Waals surface area contributed by atoms with Gasteiger partial charge in [0.05, 0.1) is 6.61 Å².